The van der Waals surface area contributed by atoms with Gasteiger partial charge in [0.25, 0.3) is 0 Å². The summed E-state index contributed by atoms with van der Waals surface area (Å²) in [6.45, 7) is 0. The van der Waals surface area contributed by atoms with E-state index >= 15 is 0 Å². The lowest BCUT2D eigenvalue weighted by molar-refractivity contribution is 1.18. The van der Waals surface area contributed by atoms with Crippen LogP contribution >= 0.6 is 0 Å². The van der Waals surface area contributed by atoms with Crippen molar-refractivity contribution in [2.75, 3.05) is 0 Å². The molecule has 4 heteroatoms. The Hall–Kier alpha value is -9.90. The third-order valence-corrected chi connectivity index (χ3v) is 14.5. The van der Waals surface area contributed by atoms with Crippen molar-refractivity contribution >= 4 is 43.6 Å². The van der Waals surface area contributed by atoms with Crippen molar-refractivity contribution in [1.82, 2.24) is 19.1 Å². The molecule has 0 radical (unpaired) electrons. The average molecular weight is 943 g/mol. The topological polar surface area (TPSA) is 35.6 Å². The first kappa shape index (κ1) is 42.9. The van der Waals surface area contributed by atoms with Gasteiger partial charge in [0.1, 0.15) is 0 Å². The highest BCUT2D eigenvalue weighted by atomic mass is 15.0. The summed E-state index contributed by atoms with van der Waals surface area (Å²) in [6.07, 6.45) is 0. The molecule has 0 bridgehead atoms. The van der Waals surface area contributed by atoms with Crippen molar-refractivity contribution in [2.45, 2.75) is 0 Å². The van der Waals surface area contributed by atoms with E-state index in [1.54, 1.807) is 0 Å². The maximum absolute atomic E-state index is 5.12. The van der Waals surface area contributed by atoms with E-state index in [0.29, 0.717) is 5.82 Å². The molecule has 0 aliphatic carbocycles. The SMILES string of the molecule is c1ccc(-c2cc(-c3ccccc3)nc(-c3cccc(-c4cccc(-c5cccc(-c6cccc(-n7c8ccccc8c8ccc(-c9cccc(-n%10c%11ccccc%11c%11ccccc%11%10)c9)cc87)c6)c5)c4)c3)n2)cc1. The molecule has 346 valence electrons. The number of hydrogen-bond acceptors (Lipinski definition) is 2. The molecule has 14 aromatic rings. The van der Waals surface area contributed by atoms with Crippen LogP contribution in [-0.4, -0.2) is 19.1 Å². The largest absolute Gasteiger partial charge is 0.309 e. The standard InChI is InChI=1S/C70H46N4/c1-3-18-47(19-4-1)64-46-65(48-20-5-2-6-21-48)72-70(71-64)57-29-15-26-53(42-57)51-24-13-22-49(40-51)50-23-14-25-52(41-50)54-27-16-31-59(43-54)74-68-37-12-9-34-62(68)63-39-38-56(45-69(63)74)55-28-17-30-58(44-55)73-66-35-10-7-32-60(66)61-33-8-11-36-67(61)73/h1-46H. The van der Waals surface area contributed by atoms with Gasteiger partial charge in [0.15, 0.2) is 5.82 Å². The number of aromatic nitrogens is 4. The summed E-state index contributed by atoms with van der Waals surface area (Å²) in [4.78, 5) is 10.2. The second kappa shape index (κ2) is 18.1. The Bertz CT molecular complexity index is 4320. The first-order valence-electron chi connectivity index (χ1n) is 25.2. The normalized spacial score (nSPS) is 11.5. The molecule has 0 aliphatic rings. The lowest BCUT2D eigenvalue weighted by Crippen LogP contribution is -1.96. The fourth-order valence-corrected chi connectivity index (χ4v) is 11.0. The van der Waals surface area contributed by atoms with Gasteiger partial charge in [-0.15, -0.1) is 0 Å². The van der Waals surface area contributed by atoms with Crippen LogP contribution in [0.2, 0.25) is 0 Å². The Balaban J connectivity index is 0.803. The molecule has 4 nitrogen and oxygen atoms in total. The lowest BCUT2D eigenvalue weighted by atomic mass is 9.95. The molecule has 0 spiro atoms. The van der Waals surface area contributed by atoms with Crippen LogP contribution in [-0.2, 0) is 0 Å². The number of fused-ring (bicyclic) bond motifs is 6. The van der Waals surface area contributed by atoms with Crippen molar-refractivity contribution in [3.8, 4) is 89.8 Å². The summed E-state index contributed by atoms with van der Waals surface area (Å²) in [7, 11) is 0. The summed E-state index contributed by atoms with van der Waals surface area (Å²) in [5.74, 6) is 0.695. The van der Waals surface area contributed by atoms with Gasteiger partial charge in [0, 0.05) is 49.6 Å². The second-order valence-corrected chi connectivity index (χ2v) is 19.0. The fraction of sp³-hybridized carbons (Fsp3) is 0. The highest BCUT2D eigenvalue weighted by molar-refractivity contribution is 6.11. The van der Waals surface area contributed by atoms with Crippen molar-refractivity contribution in [3.63, 3.8) is 0 Å². The molecular formula is C70H46N4. The lowest BCUT2D eigenvalue weighted by Gasteiger charge is -2.13. The fourth-order valence-electron chi connectivity index (χ4n) is 11.0. The molecule has 3 aromatic heterocycles. The summed E-state index contributed by atoms with van der Waals surface area (Å²) >= 11 is 0. The molecule has 0 unspecified atom stereocenters. The Morgan fingerprint density at radius 3 is 0.986 bits per heavy atom. The van der Waals surface area contributed by atoms with Crippen molar-refractivity contribution in [2.24, 2.45) is 0 Å². The highest BCUT2D eigenvalue weighted by Crippen LogP contribution is 2.39. The summed E-state index contributed by atoms with van der Waals surface area (Å²) in [6, 6.07) is 100. The molecule has 0 amide bonds. The van der Waals surface area contributed by atoms with Crippen LogP contribution < -0.4 is 0 Å². The zero-order chi connectivity index (χ0) is 49.0. The van der Waals surface area contributed by atoms with Crippen LogP contribution in [0, 0.1) is 0 Å². The molecule has 0 aliphatic heterocycles. The smallest absolute Gasteiger partial charge is 0.160 e. The van der Waals surface area contributed by atoms with E-state index in [-0.39, 0.29) is 0 Å². The molecule has 14 rings (SSSR count). The van der Waals surface area contributed by atoms with Crippen molar-refractivity contribution in [1.29, 1.82) is 0 Å². The first-order chi connectivity index (χ1) is 36.7. The molecule has 3 heterocycles. The van der Waals surface area contributed by atoms with E-state index < -0.39 is 0 Å². The Labute approximate surface area is 429 Å². The molecule has 0 fully saturated rings. The number of nitrogens with zero attached hydrogens (tertiary/aromatic N) is 4. The predicted molar refractivity (Wildman–Crippen MR) is 309 cm³/mol. The summed E-state index contributed by atoms with van der Waals surface area (Å²) < 4.78 is 4.82. The molecule has 0 saturated carbocycles. The molecular weight excluding hydrogens is 897 g/mol. The Kier molecular flexibility index (Phi) is 10.5. The van der Waals surface area contributed by atoms with E-state index in [4.69, 9.17) is 9.97 Å². The number of rotatable bonds is 9. The van der Waals surface area contributed by atoms with Gasteiger partial charge >= 0.3 is 0 Å². The van der Waals surface area contributed by atoms with Gasteiger partial charge in [-0.05, 0) is 117 Å². The van der Waals surface area contributed by atoms with Gasteiger partial charge in [0.2, 0.25) is 0 Å². The van der Waals surface area contributed by atoms with Crippen molar-refractivity contribution in [3.05, 3.63) is 279 Å². The molecule has 0 saturated heterocycles. The summed E-state index contributed by atoms with van der Waals surface area (Å²) in [5.41, 5.74) is 21.1. The zero-order valence-electron chi connectivity index (χ0n) is 40.3. The third-order valence-electron chi connectivity index (χ3n) is 14.5. The molecule has 0 atom stereocenters. The van der Waals surface area contributed by atoms with E-state index in [1.807, 2.05) is 12.1 Å². The number of hydrogen-bond donors (Lipinski definition) is 0. The van der Waals surface area contributed by atoms with E-state index in [0.717, 1.165) is 72.8 Å². The van der Waals surface area contributed by atoms with E-state index in [1.165, 1.54) is 54.7 Å². The monoisotopic (exact) mass is 942 g/mol. The zero-order valence-corrected chi connectivity index (χ0v) is 40.3. The maximum Gasteiger partial charge on any atom is 0.160 e. The van der Waals surface area contributed by atoms with Crippen LogP contribution in [0.4, 0.5) is 0 Å². The third kappa shape index (κ3) is 7.65. The second-order valence-electron chi connectivity index (χ2n) is 19.0. The van der Waals surface area contributed by atoms with Gasteiger partial charge < -0.3 is 9.13 Å². The Morgan fingerprint density at radius 2 is 0.527 bits per heavy atom. The average Bonchev–Trinajstić information content (AvgIpc) is 4.01. The van der Waals surface area contributed by atoms with Crippen LogP contribution in [0.5, 0.6) is 0 Å². The minimum Gasteiger partial charge on any atom is -0.309 e. The highest BCUT2D eigenvalue weighted by Gasteiger charge is 2.17. The molecule has 0 N–H and O–H groups in total. The van der Waals surface area contributed by atoms with E-state index in [9.17, 15) is 0 Å². The van der Waals surface area contributed by atoms with Crippen LogP contribution in [0.1, 0.15) is 0 Å². The quantitative estimate of drug-likeness (QED) is 0.145. The number of benzene rings is 11. The number of para-hydroxylation sites is 3. The minimum absolute atomic E-state index is 0.695. The first-order valence-corrected chi connectivity index (χ1v) is 25.2. The van der Waals surface area contributed by atoms with Crippen molar-refractivity contribution < 1.29 is 0 Å². The van der Waals surface area contributed by atoms with E-state index in [2.05, 4.69) is 276 Å². The van der Waals surface area contributed by atoms with Crippen LogP contribution in [0.25, 0.3) is 133 Å². The predicted octanol–water partition coefficient (Wildman–Crippen LogP) is 18.3. The maximum atomic E-state index is 5.12. The Morgan fingerprint density at radius 1 is 0.203 bits per heavy atom. The van der Waals surface area contributed by atoms with Crippen LogP contribution in [0.15, 0.2) is 279 Å². The van der Waals surface area contributed by atoms with Gasteiger partial charge in [-0.25, -0.2) is 9.97 Å². The van der Waals surface area contributed by atoms with Gasteiger partial charge in [-0.2, -0.15) is 0 Å². The molecule has 74 heavy (non-hydrogen) atoms. The summed E-state index contributed by atoms with van der Waals surface area (Å²) in [5, 5.41) is 4.98. The van der Waals surface area contributed by atoms with Crippen LogP contribution in [0.3, 0.4) is 0 Å². The van der Waals surface area contributed by atoms with Gasteiger partial charge in [0.05, 0.1) is 33.5 Å². The van der Waals surface area contributed by atoms with Gasteiger partial charge in [-0.3, -0.25) is 0 Å². The molecule has 11 aromatic carbocycles. The van der Waals surface area contributed by atoms with Gasteiger partial charge in [-0.1, -0.05) is 206 Å². The minimum atomic E-state index is 0.695.